The van der Waals surface area contributed by atoms with E-state index in [-0.39, 0.29) is 11.7 Å². The molecular weight excluding hydrogens is 256 g/mol. The molecule has 0 spiro atoms. The molecule has 3 aromatic rings. The molecule has 0 N–H and O–H groups in total. The minimum atomic E-state index is -0.0225. The van der Waals surface area contributed by atoms with Gasteiger partial charge in [0.1, 0.15) is 0 Å². The van der Waals surface area contributed by atoms with Crippen molar-refractivity contribution in [3.05, 3.63) is 82.9 Å². The van der Waals surface area contributed by atoms with E-state index in [1.54, 1.807) is 0 Å². The van der Waals surface area contributed by atoms with Crippen LogP contribution in [0.4, 0.5) is 0 Å². The van der Waals surface area contributed by atoms with E-state index < -0.39 is 0 Å². The fraction of sp³-hybridized carbons (Fsp3) is 0.150. The van der Waals surface area contributed by atoms with Crippen molar-refractivity contribution in [1.29, 1.82) is 0 Å². The summed E-state index contributed by atoms with van der Waals surface area (Å²) in [4.78, 5) is 12.7. The molecule has 1 unspecified atom stereocenters. The lowest BCUT2D eigenvalue weighted by molar-refractivity contribution is 0.0973. The molecule has 102 valence electrons. The summed E-state index contributed by atoms with van der Waals surface area (Å²) in [6, 6.07) is 20.7. The second-order valence-electron chi connectivity index (χ2n) is 5.83. The maximum absolute atomic E-state index is 12.7. The molecule has 1 aliphatic rings. The number of benzene rings is 3. The van der Waals surface area contributed by atoms with Crippen molar-refractivity contribution >= 4 is 16.6 Å². The number of Topliss-reactive ketones (excluding diaryl/α,β-unsaturated/α-hetero) is 1. The summed E-state index contributed by atoms with van der Waals surface area (Å²) >= 11 is 0. The standard InChI is InChI=1S/C20H16O/c1-13-5-4-8-17-18(13)12-19(20(17)21)16-10-9-14-6-2-3-7-15(14)11-16/h2-11,19H,12H2,1H3. The van der Waals surface area contributed by atoms with Crippen LogP contribution in [-0.2, 0) is 6.42 Å². The number of aryl methyl sites for hydroxylation is 1. The highest BCUT2D eigenvalue weighted by Crippen LogP contribution is 2.36. The van der Waals surface area contributed by atoms with Crippen LogP contribution in [0.3, 0.4) is 0 Å². The molecule has 3 aromatic carbocycles. The molecule has 21 heavy (non-hydrogen) atoms. The second kappa shape index (κ2) is 4.56. The van der Waals surface area contributed by atoms with E-state index in [4.69, 9.17) is 0 Å². The Morgan fingerprint density at radius 2 is 1.71 bits per heavy atom. The maximum Gasteiger partial charge on any atom is 0.170 e. The van der Waals surface area contributed by atoms with Crippen LogP contribution in [0, 0.1) is 6.92 Å². The molecule has 0 bridgehead atoms. The SMILES string of the molecule is Cc1cccc2c1CC(c1ccc3ccccc3c1)C2=O. The molecule has 0 aromatic heterocycles. The summed E-state index contributed by atoms with van der Waals surface area (Å²) in [7, 11) is 0. The van der Waals surface area contributed by atoms with Gasteiger partial charge in [0.25, 0.3) is 0 Å². The quantitative estimate of drug-likeness (QED) is 0.629. The van der Waals surface area contributed by atoms with Crippen molar-refractivity contribution in [1.82, 2.24) is 0 Å². The number of hydrogen-bond acceptors (Lipinski definition) is 1. The highest BCUT2D eigenvalue weighted by Gasteiger charge is 2.32. The zero-order chi connectivity index (χ0) is 14.4. The van der Waals surface area contributed by atoms with E-state index in [9.17, 15) is 4.79 Å². The molecular formula is C20H16O. The Kier molecular flexibility index (Phi) is 2.68. The van der Waals surface area contributed by atoms with E-state index in [0.29, 0.717) is 0 Å². The molecule has 4 rings (SSSR count). The summed E-state index contributed by atoms with van der Waals surface area (Å²) in [5.74, 6) is 0.245. The normalized spacial score (nSPS) is 17.2. The van der Waals surface area contributed by atoms with Crippen molar-refractivity contribution in [2.75, 3.05) is 0 Å². The van der Waals surface area contributed by atoms with Crippen LogP contribution in [0.5, 0.6) is 0 Å². The third kappa shape index (κ3) is 1.89. The fourth-order valence-electron chi connectivity index (χ4n) is 3.38. The van der Waals surface area contributed by atoms with E-state index in [2.05, 4.69) is 43.3 Å². The summed E-state index contributed by atoms with van der Waals surface area (Å²) in [5, 5.41) is 2.43. The molecule has 0 heterocycles. The Morgan fingerprint density at radius 3 is 2.52 bits per heavy atom. The zero-order valence-electron chi connectivity index (χ0n) is 12.0. The van der Waals surface area contributed by atoms with Crippen LogP contribution < -0.4 is 0 Å². The van der Waals surface area contributed by atoms with Crippen molar-refractivity contribution in [2.45, 2.75) is 19.3 Å². The number of ketones is 1. The molecule has 0 saturated heterocycles. The van der Waals surface area contributed by atoms with Crippen molar-refractivity contribution in [2.24, 2.45) is 0 Å². The van der Waals surface area contributed by atoms with E-state index >= 15 is 0 Å². The third-order valence-corrected chi connectivity index (χ3v) is 4.58. The number of carbonyl (C=O) groups excluding carboxylic acids is 1. The first-order valence-electron chi connectivity index (χ1n) is 7.35. The predicted octanol–water partition coefficient (Wildman–Crippen LogP) is 4.67. The summed E-state index contributed by atoms with van der Waals surface area (Å²) < 4.78 is 0. The van der Waals surface area contributed by atoms with Gasteiger partial charge in [0.05, 0.1) is 5.92 Å². The summed E-state index contributed by atoms with van der Waals surface area (Å²) in [6.07, 6.45) is 0.833. The number of carbonyl (C=O) groups is 1. The first-order valence-corrected chi connectivity index (χ1v) is 7.35. The van der Waals surface area contributed by atoms with Crippen molar-refractivity contribution < 1.29 is 4.79 Å². The molecule has 1 aliphatic carbocycles. The zero-order valence-corrected chi connectivity index (χ0v) is 12.0. The number of fused-ring (bicyclic) bond motifs is 2. The lowest BCUT2D eigenvalue weighted by Gasteiger charge is -2.09. The first kappa shape index (κ1) is 12.3. The van der Waals surface area contributed by atoms with Gasteiger partial charge in [-0.05, 0) is 40.8 Å². The van der Waals surface area contributed by atoms with Gasteiger partial charge < -0.3 is 0 Å². The third-order valence-electron chi connectivity index (χ3n) is 4.58. The number of rotatable bonds is 1. The Balaban J connectivity index is 1.80. The van der Waals surface area contributed by atoms with Gasteiger partial charge in [0, 0.05) is 5.56 Å². The van der Waals surface area contributed by atoms with Crippen LogP contribution in [0.15, 0.2) is 60.7 Å². The average Bonchev–Trinajstić information content (AvgIpc) is 2.86. The van der Waals surface area contributed by atoms with Gasteiger partial charge in [-0.15, -0.1) is 0 Å². The Bertz CT molecular complexity index is 861. The van der Waals surface area contributed by atoms with Gasteiger partial charge in [-0.1, -0.05) is 60.7 Å². The average molecular weight is 272 g/mol. The lowest BCUT2D eigenvalue weighted by Crippen LogP contribution is -2.06. The van der Waals surface area contributed by atoms with Crippen LogP contribution in [-0.4, -0.2) is 5.78 Å². The van der Waals surface area contributed by atoms with Crippen molar-refractivity contribution in [3.63, 3.8) is 0 Å². The molecule has 0 aliphatic heterocycles. The summed E-state index contributed by atoms with van der Waals surface area (Å²) in [6.45, 7) is 2.09. The molecule has 0 amide bonds. The van der Waals surface area contributed by atoms with Gasteiger partial charge in [0.15, 0.2) is 5.78 Å². The maximum atomic E-state index is 12.7. The minimum absolute atomic E-state index is 0.0225. The molecule has 0 saturated carbocycles. The molecule has 1 atom stereocenters. The fourth-order valence-corrected chi connectivity index (χ4v) is 3.38. The van der Waals surface area contributed by atoms with Crippen LogP contribution in [0.1, 0.15) is 33.0 Å². The second-order valence-corrected chi connectivity index (χ2v) is 5.83. The largest absolute Gasteiger partial charge is 0.293 e. The molecule has 1 heteroatoms. The molecule has 0 radical (unpaired) electrons. The van der Waals surface area contributed by atoms with Crippen molar-refractivity contribution in [3.8, 4) is 0 Å². The van der Waals surface area contributed by atoms with Crippen LogP contribution >= 0.6 is 0 Å². The molecule has 1 nitrogen and oxygen atoms in total. The monoisotopic (exact) mass is 272 g/mol. The smallest absolute Gasteiger partial charge is 0.170 e. The highest BCUT2D eigenvalue weighted by molar-refractivity contribution is 6.06. The predicted molar refractivity (Wildman–Crippen MR) is 85.9 cm³/mol. The first-order chi connectivity index (χ1) is 10.2. The van der Waals surface area contributed by atoms with Gasteiger partial charge in [-0.2, -0.15) is 0 Å². The summed E-state index contributed by atoms with van der Waals surface area (Å²) in [5.41, 5.74) is 4.49. The Morgan fingerprint density at radius 1 is 0.905 bits per heavy atom. The van der Waals surface area contributed by atoms with Crippen LogP contribution in [0.25, 0.3) is 10.8 Å². The highest BCUT2D eigenvalue weighted by atomic mass is 16.1. The Labute approximate surface area is 124 Å². The topological polar surface area (TPSA) is 17.1 Å². The van der Waals surface area contributed by atoms with E-state index in [1.807, 2.05) is 24.3 Å². The van der Waals surface area contributed by atoms with E-state index in [0.717, 1.165) is 17.5 Å². The number of hydrogen-bond donors (Lipinski definition) is 0. The Hall–Kier alpha value is -2.41. The molecule has 0 fully saturated rings. The van der Waals surface area contributed by atoms with Crippen LogP contribution in [0.2, 0.25) is 0 Å². The van der Waals surface area contributed by atoms with Gasteiger partial charge in [-0.3, -0.25) is 4.79 Å². The van der Waals surface area contributed by atoms with Gasteiger partial charge in [-0.25, -0.2) is 0 Å². The lowest BCUT2D eigenvalue weighted by atomic mass is 9.93. The van der Waals surface area contributed by atoms with Gasteiger partial charge >= 0.3 is 0 Å². The van der Waals surface area contributed by atoms with E-state index in [1.165, 1.54) is 21.9 Å². The minimum Gasteiger partial charge on any atom is -0.293 e. The van der Waals surface area contributed by atoms with Gasteiger partial charge in [0.2, 0.25) is 0 Å².